The lowest BCUT2D eigenvalue weighted by atomic mass is 9.97. The monoisotopic (exact) mass is 770 g/mol. The molecule has 5 aromatic rings. The molecular formula is C46H42O11. The van der Waals surface area contributed by atoms with Crippen LogP contribution in [0.2, 0.25) is 0 Å². The lowest BCUT2D eigenvalue weighted by Crippen LogP contribution is -2.63. The molecule has 57 heavy (non-hydrogen) atoms. The molecule has 0 amide bonds. The summed E-state index contributed by atoms with van der Waals surface area (Å²) in [5.41, 5.74) is 5.27. The normalized spacial score (nSPS) is 18.8. The number of hydrogen-bond acceptors (Lipinski definition) is 11. The van der Waals surface area contributed by atoms with Gasteiger partial charge in [0.25, 0.3) is 0 Å². The van der Waals surface area contributed by atoms with Crippen molar-refractivity contribution in [3.05, 3.63) is 177 Å². The van der Waals surface area contributed by atoms with Gasteiger partial charge in [0.1, 0.15) is 12.7 Å². The Kier molecular flexibility index (Phi) is 12.6. The van der Waals surface area contributed by atoms with E-state index in [0.29, 0.717) is 0 Å². The Labute approximate surface area is 330 Å². The Balaban J connectivity index is 1.43. The Bertz CT molecular complexity index is 2210. The topological polar surface area (TPSA) is 141 Å². The molecule has 1 heterocycles. The molecule has 0 aromatic heterocycles. The minimum absolute atomic E-state index is 0.134. The lowest BCUT2D eigenvalue weighted by Gasteiger charge is -2.43. The highest BCUT2D eigenvalue weighted by molar-refractivity contribution is 5.92. The molecule has 0 radical (unpaired) electrons. The summed E-state index contributed by atoms with van der Waals surface area (Å²) in [6.45, 7) is 8.72. The maximum absolute atomic E-state index is 13.9. The van der Waals surface area contributed by atoms with Crippen molar-refractivity contribution in [3.63, 3.8) is 0 Å². The average molecular weight is 771 g/mol. The molecule has 0 unspecified atom stereocenters. The number of benzene rings is 5. The van der Waals surface area contributed by atoms with Gasteiger partial charge in [0.05, 0.1) is 27.8 Å². The average Bonchev–Trinajstić information content (AvgIpc) is 3.20. The highest BCUT2D eigenvalue weighted by Gasteiger charge is 2.54. The van der Waals surface area contributed by atoms with Crippen LogP contribution in [0.25, 0.3) is 0 Å². The lowest BCUT2D eigenvalue weighted by molar-refractivity contribution is -0.282. The van der Waals surface area contributed by atoms with E-state index in [1.807, 2.05) is 34.6 Å². The van der Waals surface area contributed by atoms with E-state index in [0.717, 1.165) is 27.8 Å². The van der Waals surface area contributed by atoms with Crippen LogP contribution < -0.4 is 0 Å². The fraction of sp³-hybridized carbons (Fsp3) is 0.239. The van der Waals surface area contributed by atoms with E-state index in [4.69, 9.17) is 28.4 Å². The van der Waals surface area contributed by atoms with E-state index >= 15 is 0 Å². The first-order chi connectivity index (χ1) is 27.3. The van der Waals surface area contributed by atoms with Crippen molar-refractivity contribution in [1.29, 1.82) is 0 Å². The summed E-state index contributed by atoms with van der Waals surface area (Å²) in [5.74, 6) is -4.16. The molecule has 1 aliphatic heterocycles. The standard InChI is InChI=1S/C46H42O11/c1-27-6-16-32(17-7-27)41(47)52-26-37-38(54-42(48)33-18-8-28(2)9-19-33)39(55-43(49)34-20-10-29(3)11-21-34)40(56-44(50)35-22-12-30(4)13-23-35)46(53-37)57-45(51)36-24-14-31(5)15-25-36/h6-25,37-40,46H,26H2,1-5H3/t37-,38-,39+,40-,46+/m1/s1. The SMILES string of the molecule is Cc1ccc(C(=O)OC[C@H]2O[C@@H](OC(=O)c3ccc(C)cc3)[C@H](OC(=O)c3ccc(C)cc3)[C@@H](OC(=O)c3ccc(C)cc3)[C@@H]2OC(=O)c2ccc(C)cc2)cc1. The third-order valence-electron chi connectivity index (χ3n) is 9.36. The molecule has 5 atom stereocenters. The largest absolute Gasteiger partial charge is 0.459 e. The van der Waals surface area contributed by atoms with E-state index in [2.05, 4.69) is 0 Å². The van der Waals surface area contributed by atoms with Crippen molar-refractivity contribution in [1.82, 2.24) is 0 Å². The van der Waals surface area contributed by atoms with Gasteiger partial charge in [-0.1, -0.05) is 88.5 Å². The van der Waals surface area contributed by atoms with E-state index in [9.17, 15) is 24.0 Å². The number of rotatable bonds is 11. The molecule has 5 aromatic carbocycles. The number of carbonyl (C=O) groups is 5. The molecule has 0 aliphatic carbocycles. The minimum atomic E-state index is -1.76. The molecule has 11 nitrogen and oxygen atoms in total. The summed E-state index contributed by atoms with van der Waals surface area (Å²) < 4.78 is 36.1. The molecule has 0 saturated carbocycles. The van der Waals surface area contributed by atoms with Crippen LogP contribution in [-0.2, 0) is 28.4 Å². The summed E-state index contributed by atoms with van der Waals surface area (Å²) in [5, 5.41) is 0. The zero-order chi connectivity index (χ0) is 40.6. The number of aryl methyl sites for hydroxylation is 5. The quantitative estimate of drug-likeness (QED) is 0.0967. The van der Waals surface area contributed by atoms with Gasteiger partial charge in [-0.15, -0.1) is 0 Å². The highest BCUT2D eigenvalue weighted by atomic mass is 16.7. The third kappa shape index (κ3) is 10.2. The summed E-state index contributed by atoms with van der Waals surface area (Å²) in [6.07, 6.45) is -8.14. The highest BCUT2D eigenvalue weighted by Crippen LogP contribution is 2.32. The number of ether oxygens (including phenoxy) is 6. The Morgan fingerprint density at radius 2 is 0.667 bits per heavy atom. The van der Waals surface area contributed by atoms with Crippen molar-refractivity contribution in [2.75, 3.05) is 6.61 Å². The molecule has 1 saturated heterocycles. The van der Waals surface area contributed by atoms with Crippen LogP contribution in [-0.4, -0.2) is 67.2 Å². The van der Waals surface area contributed by atoms with Crippen LogP contribution in [0.15, 0.2) is 121 Å². The molecule has 0 bridgehead atoms. The van der Waals surface area contributed by atoms with Crippen LogP contribution in [0.4, 0.5) is 0 Å². The van der Waals surface area contributed by atoms with Crippen LogP contribution in [0.5, 0.6) is 0 Å². The van der Waals surface area contributed by atoms with Crippen LogP contribution in [0.3, 0.4) is 0 Å². The van der Waals surface area contributed by atoms with Crippen molar-refractivity contribution in [2.45, 2.75) is 65.3 Å². The summed E-state index contributed by atoms with van der Waals surface area (Å²) in [4.78, 5) is 68.6. The summed E-state index contributed by atoms with van der Waals surface area (Å²) in [7, 11) is 0. The maximum Gasteiger partial charge on any atom is 0.340 e. The van der Waals surface area contributed by atoms with Crippen molar-refractivity contribution in [3.8, 4) is 0 Å². The number of hydrogen-bond donors (Lipinski definition) is 0. The molecule has 6 rings (SSSR count). The fourth-order valence-corrected chi connectivity index (χ4v) is 5.95. The first-order valence-electron chi connectivity index (χ1n) is 18.3. The van der Waals surface area contributed by atoms with Crippen LogP contribution >= 0.6 is 0 Å². The second-order valence-corrected chi connectivity index (χ2v) is 14.0. The predicted molar refractivity (Wildman–Crippen MR) is 208 cm³/mol. The van der Waals surface area contributed by atoms with E-state index in [1.54, 1.807) is 121 Å². The fourth-order valence-electron chi connectivity index (χ4n) is 5.95. The van der Waals surface area contributed by atoms with Crippen molar-refractivity contribution < 1.29 is 52.4 Å². The number of esters is 5. The van der Waals surface area contributed by atoms with E-state index in [1.165, 1.54) is 0 Å². The van der Waals surface area contributed by atoms with Crippen molar-refractivity contribution in [2.24, 2.45) is 0 Å². The summed E-state index contributed by atoms with van der Waals surface area (Å²) in [6, 6.07) is 32.8. The van der Waals surface area contributed by atoms with Gasteiger partial charge in [0, 0.05) is 0 Å². The molecule has 0 spiro atoms. The predicted octanol–water partition coefficient (Wildman–Crippen LogP) is 7.64. The first-order valence-corrected chi connectivity index (χ1v) is 18.3. The third-order valence-corrected chi connectivity index (χ3v) is 9.36. The Morgan fingerprint density at radius 3 is 1.02 bits per heavy atom. The van der Waals surface area contributed by atoms with Crippen molar-refractivity contribution >= 4 is 29.8 Å². The first kappa shape index (κ1) is 40.1. The maximum atomic E-state index is 13.9. The Hall–Kier alpha value is -6.59. The molecule has 292 valence electrons. The molecule has 11 heteroatoms. The van der Waals surface area contributed by atoms with Crippen LogP contribution in [0, 0.1) is 34.6 Å². The van der Waals surface area contributed by atoms with Gasteiger partial charge >= 0.3 is 29.8 Å². The van der Waals surface area contributed by atoms with Crippen LogP contribution in [0.1, 0.15) is 79.6 Å². The second-order valence-electron chi connectivity index (χ2n) is 14.0. The zero-order valence-corrected chi connectivity index (χ0v) is 32.1. The second kappa shape index (κ2) is 17.9. The molecule has 1 fully saturated rings. The van der Waals surface area contributed by atoms with Gasteiger partial charge in [0.15, 0.2) is 12.2 Å². The van der Waals surface area contributed by atoms with Gasteiger partial charge < -0.3 is 28.4 Å². The Morgan fingerprint density at radius 1 is 0.386 bits per heavy atom. The van der Waals surface area contributed by atoms with Gasteiger partial charge in [0.2, 0.25) is 12.4 Å². The van der Waals surface area contributed by atoms with Gasteiger partial charge in [-0.25, -0.2) is 24.0 Å². The summed E-state index contributed by atoms with van der Waals surface area (Å²) >= 11 is 0. The molecular weight excluding hydrogens is 728 g/mol. The van der Waals surface area contributed by atoms with Gasteiger partial charge in [-0.3, -0.25) is 0 Å². The molecule has 1 aliphatic rings. The zero-order valence-electron chi connectivity index (χ0n) is 32.1. The molecule has 0 N–H and O–H groups in total. The smallest absolute Gasteiger partial charge is 0.340 e. The van der Waals surface area contributed by atoms with E-state index < -0.39 is 67.2 Å². The van der Waals surface area contributed by atoms with Gasteiger partial charge in [-0.05, 0) is 95.3 Å². The minimum Gasteiger partial charge on any atom is -0.459 e. The van der Waals surface area contributed by atoms with E-state index in [-0.39, 0.29) is 27.8 Å². The van der Waals surface area contributed by atoms with Gasteiger partial charge in [-0.2, -0.15) is 0 Å². The number of carbonyl (C=O) groups excluding carboxylic acids is 5.